The van der Waals surface area contributed by atoms with E-state index in [-0.39, 0.29) is 33.6 Å². The van der Waals surface area contributed by atoms with Gasteiger partial charge < -0.3 is 10.6 Å². The van der Waals surface area contributed by atoms with Crippen molar-refractivity contribution >= 4 is 44.7 Å². The molecular weight excluding hydrogens is 497 g/mol. The first-order chi connectivity index (χ1) is 15.8. The van der Waals surface area contributed by atoms with E-state index in [2.05, 4.69) is 27.0 Å². The Morgan fingerprint density at radius 2 is 1.85 bits per heavy atom. The lowest BCUT2D eigenvalue weighted by atomic mass is 10.2. The van der Waals surface area contributed by atoms with Gasteiger partial charge in [-0.1, -0.05) is 28.1 Å². The number of aromatic nitrogens is 4. The Hall–Kier alpha value is -3.58. The molecule has 2 N–H and O–H groups in total. The largest absolute Gasteiger partial charge is 0.471 e. The van der Waals surface area contributed by atoms with Gasteiger partial charge in [-0.15, -0.1) is 0 Å². The normalized spacial score (nSPS) is 12.2. The summed E-state index contributed by atoms with van der Waals surface area (Å²) < 4.78 is 50.7. The minimum absolute atomic E-state index is 0.0384. The molecule has 0 bridgehead atoms. The molecule has 0 aliphatic rings. The molecule has 3 aromatic rings. The molecule has 0 saturated carbocycles. The Labute approximate surface area is 197 Å². The molecule has 14 heteroatoms. The van der Waals surface area contributed by atoms with Crippen molar-refractivity contribution in [1.82, 2.24) is 25.1 Å². The molecule has 0 fully saturated rings. The van der Waals surface area contributed by atoms with Crippen LogP contribution < -0.4 is 10.6 Å². The zero-order valence-electron chi connectivity index (χ0n) is 17.7. The van der Waals surface area contributed by atoms with Gasteiger partial charge in [0.15, 0.2) is 11.6 Å². The van der Waals surface area contributed by atoms with Crippen LogP contribution in [0.15, 0.2) is 54.3 Å². The zero-order chi connectivity index (χ0) is 25.3. The summed E-state index contributed by atoms with van der Waals surface area (Å²) in [5.74, 6) is -2.50. The number of benzene rings is 1. The van der Waals surface area contributed by atoms with E-state index in [4.69, 9.17) is 11.6 Å². The summed E-state index contributed by atoms with van der Waals surface area (Å²) in [5, 5.41) is 8.45. The number of alkyl halides is 3. The molecule has 0 aliphatic carbocycles. The number of anilines is 1. The Kier molecular flexibility index (Phi) is 6.89. The first kappa shape index (κ1) is 25.1. The maximum atomic E-state index is 12.7. The van der Waals surface area contributed by atoms with E-state index in [0.29, 0.717) is 4.90 Å². The number of halogens is 4. The highest BCUT2D eigenvalue weighted by atomic mass is 35.5. The second kappa shape index (κ2) is 9.35. The fourth-order valence-corrected chi connectivity index (χ4v) is 3.89. The first-order valence-corrected chi connectivity index (χ1v) is 12.3. The van der Waals surface area contributed by atoms with Gasteiger partial charge in [-0.25, -0.2) is 9.97 Å². The molecule has 2 aromatic heterocycles. The van der Waals surface area contributed by atoms with Gasteiger partial charge in [0, 0.05) is 15.5 Å². The molecule has 9 nitrogen and oxygen atoms in total. The maximum Gasteiger partial charge on any atom is 0.471 e. The van der Waals surface area contributed by atoms with Crippen molar-refractivity contribution in [3.8, 4) is 5.82 Å². The highest BCUT2D eigenvalue weighted by Crippen LogP contribution is 2.23. The topological polar surface area (TPSA) is 119 Å². The van der Waals surface area contributed by atoms with Crippen LogP contribution in [0.5, 0.6) is 0 Å². The number of nitrogens with one attached hydrogen (secondary N) is 2. The van der Waals surface area contributed by atoms with Gasteiger partial charge in [-0.2, -0.15) is 23.0 Å². The van der Waals surface area contributed by atoms with Crippen LogP contribution in [0.3, 0.4) is 0 Å². The third kappa shape index (κ3) is 5.85. The van der Waals surface area contributed by atoms with Gasteiger partial charge in [-0.05, 0) is 42.8 Å². The van der Waals surface area contributed by atoms with Crippen molar-refractivity contribution in [2.75, 3.05) is 17.8 Å². The van der Waals surface area contributed by atoms with E-state index in [1.807, 2.05) is 0 Å². The van der Waals surface area contributed by atoms with Crippen LogP contribution in [-0.2, 0) is 14.7 Å². The zero-order valence-corrected chi connectivity index (χ0v) is 19.4. The SMILES string of the molecule is C=C(NC(=O)c1cc(Cl)cc([SH](C)(C)=O)c1)c1ncnn1-c1ccc(NC(=O)C(F)(F)F)cn1. The minimum Gasteiger partial charge on any atom is -0.319 e. The molecular formula is C20H18ClF3N6O3S. The van der Waals surface area contributed by atoms with E-state index < -0.39 is 27.9 Å². The van der Waals surface area contributed by atoms with E-state index >= 15 is 0 Å². The summed E-state index contributed by atoms with van der Waals surface area (Å²) in [4.78, 5) is 32.2. The molecule has 34 heavy (non-hydrogen) atoms. The van der Waals surface area contributed by atoms with Crippen LogP contribution in [0.25, 0.3) is 11.5 Å². The number of carbonyl (C=O) groups excluding carboxylic acids is 2. The molecule has 0 atom stereocenters. The quantitative estimate of drug-likeness (QED) is 0.435. The summed E-state index contributed by atoms with van der Waals surface area (Å²) in [6, 6.07) is 6.89. The van der Waals surface area contributed by atoms with Crippen LogP contribution in [0.1, 0.15) is 16.2 Å². The summed E-state index contributed by atoms with van der Waals surface area (Å²) in [6.45, 7) is 3.77. The summed E-state index contributed by atoms with van der Waals surface area (Å²) in [5.41, 5.74) is 0.0127. The van der Waals surface area contributed by atoms with Crippen LogP contribution in [0.4, 0.5) is 18.9 Å². The van der Waals surface area contributed by atoms with E-state index in [9.17, 15) is 27.0 Å². The predicted molar refractivity (Wildman–Crippen MR) is 121 cm³/mol. The van der Waals surface area contributed by atoms with Crippen molar-refractivity contribution in [3.63, 3.8) is 0 Å². The van der Waals surface area contributed by atoms with Gasteiger partial charge in [0.25, 0.3) is 5.91 Å². The second-order valence-corrected chi connectivity index (χ2v) is 11.0. The highest BCUT2D eigenvalue weighted by Gasteiger charge is 2.38. The van der Waals surface area contributed by atoms with Crippen LogP contribution >= 0.6 is 11.6 Å². The standard InChI is InChI=1S/C20H18ClF3N6O3S/c1-11(28-18(31)12-6-13(21)8-15(7-12)34(2,3)33)17-26-10-27-30(17)16-5-4-14(9-25-16)29-19(32)20(22,23)24/h4-10,34H,1H2,2-3H3,(H,28,31)(H,29,32). The number of nitrogens with zero attached hydrogens (tertiary/aromatic N) is 4. The lowest BCUT2D eigenvalue weighted by Gasteiger charge is -2.15. The average Bonchev–Trinajstić information content (AvgIpc) is 3.22. The minimum atomic E-state index is -5.04. The van der Waals surface area contributed by atoms with Crippen molar-refractivity contribution in [2.24, 2.45) is 0 Å². The number of thiol groups is 1. The molecule has 2 heterocycles. The molecule has 2 amide bonds. The first-order valence-electron chi connectivity index (χ1n) is 9.37. The van der Waals surface area contributed by atoms with Gasteiger partial charge in [0.1, 0.15) is 6.33 Å². The molecule has 0 aliphatic heterocycles. The molecule has 0 spiro atoms. The van der Waals surface area contributed by atoms with Gasteiger partial charge in [0.2, 0.25) is 0 Å². The molecule has 180 valence electrons. The smallest absolute Gasteiger partial charge is 0.319 e. The highest BCUT2D eigenvalue weighted by molar-refractivity contribution is 8.01. The number of carbonyl (C=O) groups is 2. The van der Waals surface area contributed by atoms with Gasteiger partial charge in [0.05, 0.1) is 17.6 Å². The molecule has 1 aromatic carbocycles. The van der Waals surface area contributed by atoms with Gasteiger partial charge >= 0.3 is 12.1 Å². The summed E-state index contributed by atoms with van der Waals surface area (Å²) >= 11 is 6.06. The Balaban J connectivity index is 1.79. The van der Waals surface area contributed by atoms with Crippen molar-refractivity contribution in [3.05, 3.63) is 65.8 Å². The Morgan fingerprint density at radius 1 is 1.15 bits per heavy atom. The molecule has 0 saturated heterocycles. The molecule has 0 radical (unpaired) electrons. The predicted octanol–water partition coefficient (Wildman–Crippen LogP) is 2.85. The van der Waals surface area contributed by atoms with Crippen LogP contribution in [-0.4, -0.2) is 54.5 Å². The number of hydrogen-bond acceptors (Lipinski definition) is 6. The van der Waals surface area contributed by atoms with E-state index in [0.717, 1.165) is 12.5 Å². The molecule has 3 rings (SSSR count). The van der Waals surface area contributed by atoms with Crippen LogP contribution in [0.2, 0.25) is 5.02 Å². The summed E-state index contributed by atoms with van der Waals surface area (Å²) in [6.07, 6.45) is 0.231. The van der Waals surface area contributed by atoms with Crippen molar-refractivity contribution in [1.29, 1.82) is 0 Å². The number of pyridine rings is 1. The van der Waals surface area contributed by atoms with Gasteiger partial charge in [-0.3, -0.25) is 13.8 Å². The third-order valence-electron chi connectivity index (χ3n) is 4.33. The lowest BCUT2D eigenvalue weighted by molar-refractivity contribution is -0.167. The Bertz CT molecular complexity index is 1320. The monoisotopic (exact) mass is 514 g/mol. The lowest BCUT2D eigenvalue weighted by Crippen LogP contribution is -2.30. The fraction of sp³-hybridized carbons (Fsp3) is 0.150. The molecule has 0 unspecified atom stereocenters. The second-order valence-electron chi connectivity index (χ2n) is 7.33. The number of amides is 2. The number of hydrogen-bond donors (Lipinski definition) is 3. The maximum absolute atomic E-state index is 12.7. The summed E-state index contributed by atoms with van der Waals surface area (Å²) in [7, 11) is -2.67. The average molecular weight is 515 g/mol. The van der Waals surface area contributed by atoms with Crippen LogP contribution in [0, 0.1) is 0 Å². The van der Waals surface area contributed by atoms with Crippen molar-refractivity contribution in [2.45, 2.75) is 11.1 Å². The van der Waals surface area contributed by atoms with Crippen molar-refractivity contribution < 1.29 is 27.0 Å². The Morgan fingerprint density at radius 3 is 2.44 bits per heavy atom. The van der Waals surface area contributed by atoms with E-state index in [1.165, 1.54) is 35.0 Å². The van der Waals surface area contributed by atoms with E-state index in [1.54, 1.807) is 17.8 Å². The fourth-order valence-electron chi connectivity index (χ4n) is 2.68. The number of rotatable bonds is 6. The third-order valence-corrected chi connectivity index (χ3v) is 6.05.